The van der Waals surface area contributed by atoms with Crippen LogP contribution in [0.3, 0.4) is 0 Å². The van der Waals surface area contributed by atoms with Gasteiger partial charge in [-0.25, -0.2) is 0 Å². The van der Waals surface area contributed by atoms with E-state index in [0.29, 0.717) is 39.0 Å². The normalized spacial score (nSPS) is 22.8. The van der Waals surface area contributed by atoms with Gasteiger partial charge >= 0.3 is 6.18 Å². The third-order valence-corrected chi connectivity index (χ3v) is 8.64. The van der Waals surface area contributed by atoms with Crippen molar-refractivity contribution < 1.29 is 23.1 Å². The number of carbonyl (C=O) groups is 1. The predicted molar refractivity (Wildman–Crippen MR) is 145 cm³/mol. The quantitative estimate of drug-likeness (QED) is 0.360. The highest BCUT2D eigenvalue weighted by Crippen LogP contribution is 2.55. The maximum Gasteiger partial charge on any atom is 0.417 e. The molecule has 2 atom stereocenters. The van der Waals surface area contributed by atoms with Gasteiger partial charge in [0.2, 0.25) is 5.91 Å². The highest BCUT2D eigenvalue weighted by atomic mass is 35.5. The number of benzene rings is 3. The third kappa shape index (κ3) is 5.86. The zero-order valence-electron chi connectivity index (χ0n) is 21.6. The van der Waals surface area contributed by atoms with Gasteiger partial charge in [-0.15, -0.1) is 0 Å². The molecular formula is C31H32ClF3N2O2. The molecule has 206 valence electrons. The van der Waals surface area contributed by atoms with Crippen LogP contribution in [-0.4, -0.2) is 42.1 Å². The van der Waals surface area contributed by atoms with Gasteiger partial charge < -0.3 is 15.3 Å². The average molecular weight is 557 g/mol. The lowest BCUT2D eigenvalue weighted by atomic mass is 9.83. The number of amides is 1. The fraction of sp³-hybridized carbons (Fsp3) is 0.387. The molecule has 2 aliphatic rings. The van der Waals surface area contributed by atoms with Gasteiger partial charge in [-0.1, -0.05) is 78.3 Å². The van der Waals surface area contributed by atoms with E-state index in [1.165, 1.54) is 17.7 Å². The fourth-order valence-electron chi connectivity index (χ4n) is 5.91. The Morgan fingerprint density at radius 1 is 0.974 bits per heavy atom. The molecule has 1 aliphatic carbocycles. The first-order valence-electron chi connectivity index (χ1n) is 13.3. The molecule has 3 aromatic carbocycles. The standard InChI is InChI=1S/C31H32ClF3N2O2/c32-27-12-11-24(19-26(27)31(33,34)35)29(39)14-17-37(18-15-29)21-25-20-30(25,23-9-5-2-6-10-23)28(38)36-16-13-22-7-3-1-4-8-22/h1-12,19,25,39H,13-18,20-21H2,(H,36,38). The van der Waals surface area contributed by atoms with E-state index in [2.05, 4.69) is 10.2 Å². The fourth-order valence-corrected chi connectivity index (χ4v) is 6.13. The van der Waals surface area contributed by atoms with E-state index in [9.17, 15) is 23.1 Å². The molecule has 3 aromatic rings. The molecule has 1 saturated heterocycles. The molecule has 1 saturated carbocycles. The first-order valence-corrected chi connectivity index (χ1v) is 13.7. The monoisotopic (exact) mass is 556 g/mol. The number of hydrogen-bond acceptors (Lipinski definition) is 3. The van der Waals surface area contributed by atoms with Crippen molar-refractivity contribution in [2.24, 2.45) is 5.92 Å². The van der Waals surface area contributed by atoms with E-state index >= 15 is 0 Å². The molecule has 0 aromatic heterocycles. The molecule has 1 heterocycles. The molecule has 0 radical (unpaired) electrons. The summed E-state index contributed by atoms with van der Waals surface area (Å²) in [4.78, 5) is 15.7. The lowest BCUT2D eigenvalue weighted by Crippen LogP contribution is -2.44. The van der Waals surface area contributed by atoms with Crippen molar-refractivity contribution in [3.05, 3.63) is 106 Å². The summed E-state index contributed by atoms with van der Waals surface area (Å²) in [5.74, 6) is 0.152. The van der Waals surface area contributed by atoms with Gasteiger partial charge in [0, 0.05) is 26.2 Å². The molecule has 4 nitrogen and oxygen atoms in total. The Morgan fingerprint density at radius 2 is 1.62 bits per heavy atom. The van der Waals surface area contributed by atoms with Crippen molar-refractivity contribution in [3.63, 3.8) is 0 Å². The van der Waals surface area contributed by atoms with E-state index in [1.807, 2.05) is 60.7 Å². The summed E-state index contributed by atoms with van der Waals surface area (Å²) >= 11 is 5.78. The summed E-state index contributed by atoms with van der Waals surface area (Å²) in [6.07, 6.45) is -2.48. The van der Waals surface area contributed by atoms with Crippen LogP contribution in [0, 0.1) is 5.92 Å². The smallest absolute Gasteiger partial charge is 0.385 e. The minimum atomic E-state index is -4.58. The highest BCUT2D eigenvalue weighted by Gasteiger charge is 2.61. The Hall–Kier alpha value is -2.87. The second-order valence-corrected chi connectivity index (χ2v) is 11.2. The molecule has 2 fully saturated rings. The molecular weight excluding hydrogens is 525 g/mol. The van der Waals surface area contributed by atoms with E-state index in [0.717, 1.165) is 24.5 Å². The van der Waals surface area contributed by atoms with Crippen LogP contribution in [0.1, 0.15) is 41.5 Å². The zero-order chi connectivity index (χ0) is 27.7. The van der Waals surface area contributed by atoms with Crippen molar-refractivity contribution >= 4 is 17.5 Å². The van der Waals surface area contributed by atoms with Gasteiger partial charge in [0.25, 0.3) is 0 Å². The molecule has 0 bridgehead atoms. The van der Waals surface area contributed by atoms with Crippen molar-refractivity contribution in [1.29, 1.82) is 0 Å². The van der Waals surface area contributed by atoms with Gasteiger partial charge in [0.05, 0.1) is 21.6 Å². The van der Waals surface area contributed by atoms with Gasteiger partial charge in [0.15, 0.2) is 0 Å². The van der Waals surface area contributed by atoms with Crippen LogP contribution in [0.15, 0.2) is 78.9 Å². The number of nitrogens with zero attached hydrogens (tertiary/aromatic N) is 1. The molecule has 2 unspecified atom stereocenters. The highest BCUT2D eigenvalue weighted by molar-refractivity contribution is 6.31. The SMILES string of the molecule is O=C(NCCc1ccccc1)C1(c2ccccc2)CC1CN1CCC(O)(c2ccc(Cl)c(C(F)(F)F)c2)CC1. The van der Waals surface area contributed by atoms with Crippen LogP contribution in [0.2, 0.25) is 5.02 Å². The number of nitrogens with one attached hydrogen (secondary N) is 1. The summed E-state index contributed by atoms with van der Waals surface area (Å²) in [7, 11) is 0. The first kappa shape index (κ1) is 27.7. The molecule has 1 amide bonds. The summed E-state index contributed by atoms with van der Waals surface area (Å²) in [6, 6.07) is 23.5. The van der Waals surface area contributed by atoms with Crippen molar-refractivity contribution in [2.45, 2.75) is 42.9 Å². The van der Waals surface area contributed by atoms with Crippen LogP contribution in [0.5, 0.6) is 0 Å². The third-order valence-electron chi connectivity index (χ3n) is 8.31. The maximum absolute atomic E-state index is 13.5. The number of carbonyl (C=O) groups excluding carboxylic acids is 1. The molecule has 2 N–H and O–H groups in total. The van der Waals surface area contributed by atoms with Crippen molar-refractivity contribution in [2.75, 3.05) is 26.2 Å². The molecule has 8 heteroatoms. The zero-order valence-corrected chi connectivity index (χ0v) is 22.3. The number of halogens is 4. The second kappa shape index (κ2) is 11.0. The molecule has 0 spiro atoms. The van der Waals surface area contributed by atoms with E-state index in [4.69, 9.17) is 11.6 Å². The topological polar surface area (TPSA) is 52.6 Å². The van der Waals surface area contributed by atoms with Crippen LogP contribution in [-0.2, 0) is 28.4 Å². The summed E-state index contributed by atoms with van der Waals surface area (Å²) in [5.41, 5.74) is -0.466. The average Bonchev–Trinajstić information content (AvgIpc) is 3.65. The predicted octanol–water partition coefficient (Wildman–Crippen LogP) is 5.96. The lowest BCUT2D eigenvalue weighted by molar-refractivity contribution is -0.137. The van der Waals surface area contributed by atoms with Gasteiger partial charge in [-0.2, -0.15) is 13.2 Å². The van der Waals surface area contributed by atoms with Crippen molar-refractivity contribution in [3.8, 4) is 0 Å². The molecule has 1 aliphatic heterocycles. The van der Waals surface area contributed by atoms with Crippen LogP contribution in [0.25, 0.3) is 0 Å². The number of piperidine rings is 1. The number of rotatable bonds is 8. The molecule has 39 heavy (non-hydrogen) atoms. The van der Waals surface area contributed by atoms with Crippen LogP contribution >= 0.6 is 11.6 Å². The molecule has 5 rings (SSSR count). The Balaban J connectivity index is 1.23. The van der Waals surface area contributed by atoms with Gasteiger partial charge in [-0.3, -0.25) is 4.79 Å². The van der Waals surface area contributed by atoms with E-state index in [1.54, 1.807) is 0 Å². The first-order chi connectivity index (χ1) is 18.6. The minimum Gasteiger partial charge on any atom is -0.385 e. The minimum absolute atomic E-state index is 0.0315. The van der Waals surface area contributed by atoms with E-state index < -0.39 is 22.8 Å². The number of aliphatic hydroxyl groups is 1. The second-order valence-electron chi connectivity index (χ2n) is 10.8. The Labute approximate surface area is 231 Å². The summed E-state index contributed by atoms with van der Waals surface area (Å²) < 4.78 is 40.1. The number of hydrogen-bond donors (Lipinski definition) is 2. The van der Waals surface area contributed by atoms with Crippen LogP contribution < -0.4 is 5.32 Å². The largest absolute Gasteiger partial charge is 0.417 e. The Morgan fingerprint density at radius 3 is 2.26 bits per heavy atom. The van der Waals surface area contributed by atoms with Crippen molar-refractivity contribution in [1.82, 2.24) is 10.2 Å². The number of alkyl halides is 3. The van der Waals surface area contributed by atoms with Crippen LogP contribution in [0.4, 0.5) is 13.2 Å². The maximum atomic E-state index is 13.5. The summed E-state index contributed by atoms with van der Waals surface area (Å²) in [6.45, 7) is 2.29. The lowest BCUT2D eigenvalue weighted by Gasteiger charge is -2.39. The van der Waals surface area contributed by atoms with Gasteiger partial charge in [-0.05, 0) is 60.4 Å². The number of likely N-dealkylation sites (tertiary alicyclic amines) is 1. The Bertz CT molecular complexity index is 1290. The Kier molecular flexibility index (Phi) is 7.77. The van der Waals surface area contributed by atoms with Gasteiger partial charge in [0.1, 0.15) is 0 Å². The summed E-state index contributed by atoms with van der Waals surface area (Å²) in [5, 5.41) is 14.0. The van der Waals surface area contributed by atoms with E-state index in [-0.39, 0.29) is 22.4 Å².